The maximum Gasteiger partial charge on any atom is 0.193 e. The summed E-state index contributed by atoms with van der Waals surface area (Å²) in [6.07, 6.45) is 6.03. The normalized spacial score (nSPS) is 10.8. The van der Waals surface area contributed by atoms with Crippen molar-refractivity contribution >= 4 is 28.7 Å². The van der Waals surface area contributed by atoms with Gasteiger partial charge in [0.1, 0.15) is 10.7 Å². The topological polar surface area (TPSA) is 75.9 Å². The highest BCUT2D eigenvalue weighted by Crippen LogP contribution is 2.33. The van der Waals surface area contributed by atoms with Crippen LogP contribution in [-0.2, 0) is 0 Å². The zero-order valence-electron chi connectivity index (χ0n) is 13.1. The summed E-state index contributed by atoms with van der Waals surface area (Å²) in [6.45, 7) is 2.73. The van der Waals surface area contributed by atoms with E-state index >= 15 is 0 Å². The van der Waals surface area contributed by atoms with E-state index in [0.29, 0.717) is 18.1 Å². The molecule has 0 amide bonds. The third kappa shape index (κ3) is 3.66. The molecule has 0 unspecified atom stereocenters. The maximum atomic E-state index is 8.81. The summed E-state index contributed by atoms with van der Waals surface area (Å²) in [5, 5.41) is 17.9. The number of aliphatic hydroxyl groups is 1. The lowest BCUT2D eigenvalue weighted by atomic mass is 10.3. The molecule has 0 aliphatic heterocycles. The van der Waals surface area contributed by atoms with Crippen LogP contribution in [0.1, 0.15) is 12.1 Å². The fraction of sp³-hybridized carbons (Fsp3) is 0.250. The first-order valence-electron chi connectivity index (χ1n) is 7.52. The minimum absolute atomic E-state index is 0.136. The number of aryl methyl sites for hydroxylation is 1. The molecule has 0 saturated heterocycles. The number of nitrogens with zero attached hydrogens (tertiary/aromatic N) is 4. The molecule has 8 heteroatoms. The minimum Gasteiger partial charge on any atom is -0.396 e. The van der Waals surface area contributed by atoms with Crippen molar-refractivity contribution in [1.82, 2.24) is 25.1 Å². The SMILES string of the molecule is Cc1nc(-c2cccnc2)sc1-c1ccn(C(=S)NCCCO)n1. The van der Waals surface area contributed by atoms with Crippen LogP contribution in [0.4, 0.5) is 0 Å². The molecule has 0 aliphatic rings. The Bertz CT molecular complexity index is 828. The molecule has 124 valence electrons. The summed E-state index contributed by atoms with van der Waals surface area (Å²) in [5.41, 5.74) is 2.77. The molecule has 0 fully saturated rings. The highest BCUT2D eigenvalue weighted by molar-refractivity contribution is 7.80. The van der Waals surface area contributed by atoms with Gasteiger partial charge in [0.2, 0.25) is 0 Å². The van der Waals surface area contributed by atoms with Gasteiger partial charge in [0.25, 0.3) is 0 Å². The molecular formula is C16H17N5OS2. The fourth-order valence-corrected chi connectivity index (χ4v) is 3.39. The van der Waals surface area contributed by atoms with Crippen LogP contribution >= 0.6 is 23.6 Å². The monoisotopic (exact) mass is 359 g/mol. The summed E-state index contributed by atoms with van der Waals surface area (Å²) in [6, 6.07) is 5.82. The van der Waals surface area contributed by atoms with E-state index in [0.717, 1.165) is 26.8 Å². The van der Waals surface area contributed by atoms with Gasteiger partial charge in [-0.05, 0) is 43.8 Å². The number of pyridine rings is 1. The van der Waals surface area contributed by atoms with E-state index in [4.69, 9.17) is 17.3 Å². The number of thiazole rings is 1. The maximum absolute atomic E-state index is 8.81. The van der Waals surface area contributed by atoms with Gasteiger partial charge >= 0.3 is 0 Å². The second-order valence-electron chi connectivity index (χ2n) is 5.13. The van der Waals surface area contributed by atoms with Crippen molar-refractivity contribution in [3.63, 3.8) is 0 Å². The summed E-state index contributed by atoms with van der Waals surface area (Å²) < 4.78 is 1.63. The summed E-state index contributed by atoms with van der Waals surface area (Å²) >= 11 is 6.89. The van der Waals surface area contributed by atoms with Crippen LogP contribution in [-0.4, -0.2) is 43.1 Å². The second-order valence-corrected chi connectivity index (χ2v) is 6.52. The molecule has 24 heavy (non-hydrogen) atoms. The molecule has 6 nitrogen and oxygen atoms in total. The van der Waals surface area contributed by atoms with Crippen LogP contribution in [0, 0.1) is 6.92 Å². The third-order valence-electron chi connectivity index (χ3n) is 3.35. The van der Waals surface area contributed by atoms with E-state index in [1.54, 1.807) is 28.4 Å². The van der Waals surface area contributed by atoms with Crippen LogP contribution in [0.2, 0.25) is 0 Å². The Morgan fingerprint density at radius 2 is 2.29 bits per heavy atom. The molecule has 0 saturated carbocycles. The average molecular weight is 359 g/mol. The molecule has 0 bridgehead atoms. The Labute approximate surface area is 149 Å². The molecule has 3 heterocycles. The fourth-order valence-electron chi connectivity index (χ4n) is 2.16. The van der Waals surface area contributed by atoms with E-state index in [9.17, 15) is 0 Å². The van der Waals surface area contributed by atoms with Crippen molar-refractivity contribution < 1.29 is 5.11 Å². The van der Waals surface area contributed by atoms with E-state index in [-0.39, 0.29) is 6.61 Å². The van der Waals surface area contributed by atoms with Crippen LogP contribution in [0.3, 0.4) is 0 Å². The van der Waals surface area contributed by atoms with Gasteiger partial charge in [-0.15, -0.1) is 11.3 Å². The number of rotatable bonds is 5. The number of nitrogens with one attached hydrogen (secondary N) is 1. The lowest BCUT2D eigenvalue weighted by molar-refractivity contribution is 0.289. The Kier molecular flexibility index (Phi) is 5.29. The van der Waals surface area contributed by atoms with Gasteiger partial charge in [-0.25, -0.2) is 9.67 Å². The van der Waals surface area contributed by atoms with Crippen LogP contribution in [0.25, 0.3) is 21.1 Å². The molecule has 0 atom stereocenters. The van der Waals surface area contributed by atoms with Crippen molar-refractivity contribution in [2.24, 2.45) is 0 Å². The predicted molar refractivity (Wildman–Crippen MR) is 99.0 cm³/mol. The van der Waals surface area contributed by atoms with Crippen molar-refractivity contribution in [1.29, 1.82) is 0 Å². The van der Waals surface area contributed by atoms with Gasteiger partial charge in [0.05, 0.1) is 10.6 Å². The van der Waals surface area contributed by atoms with E-state index in [2.05, 4.69) is 20.4 Å². The summed E-state index contributed by atoms with van der Waals surface area (Å²) in [4.78, 5) is 9.78. The molecule has 3 aromatic rings. The van der Waals surface area contributed by atoms with Crippen LogP contribution in [0.15, 0.2) is 36.8 Å². The molecule has 3 aromatic heterocycles. The molecule has 0 radical (unpaired) electrons. The molecule has 0 aliphatic carbocycles. The number of aromatic nitrogens is 4. The van der Waals surface area contributed by atoms with Crippen LogP contribution < -0.4 is 5.32 Å². The number of hydrogen-bond acceptors (Lipinski definition) is 6. The standard InChI is InChI=1S/C16H17N5OS2/c1-11-14(24-15(19-11)12-4-2-6-17-10-12)13-5-8-21(20-13)16(23)18-7-3-9-22/h2,4-6,8,10,22H,3,7,9H2,1H3,(H,18,23). The first-order chi connectivity index (χ1) is 11.7. The predicted octanol–water partition coefficient (Wildman–Crippen LogP) is 2.48. The van der Waals surface area contributed by atoms with Crippen molar-refractivity contribution in [2.75, 3.05) is 13.2 Å². The Balaban J connectivity index is 1.80. The van der Waals surface area contributed by atoms with Gasteiger partial charge < -0.3 is 10.4 Å². The van der Waals surface area contributed by atoms with Gasteiger partial charge in [-0.2, -0.15) is 5.10 Å². The van der Waals surface area contributed by atoms with Gasteiger partial charge in [-0.1, -0.05) is 0 Å². The third-order valence-corrected chi connectivity index (χ3v) is 4.91. The zero-order chi connectivity index (χ0) is 16.9. The molecule has 3 rings (SSSR count). The number of aliphatic hydroxyl groups excluding tert-OH is 1. The molecule has 0 aromatic carbocycles. The first kappa shape index (κ1) is 16.7. The second kappa shape index (κ2) is 7.61. The first-order valence-corrected chi connectivity index (χ1v) is 8.74. The smallest absolute Gasteiger partial charge is 0.193 e. The number of hydrogen-bond donors (Lipinski definition) is 2. The highest BCUT2D eigenvalue weighted by atomic mass is 32.1. The molecule has 2 N–H and O–H groups in total. The summed E-state index contributed by atoms with van der Waals surface area (Å²) in [5.74, 6) is 0. The Morgan fingerprint density at radius 1 is 1.42 bits per heavy atom. The van der Waals surface area contributed by atoms with E-state index < -0.39 is 0 Å². The van der Waals surface area contributed by atoms with E-state index in [1.165, 1.54) is 0 Å². The van der Waals surface area contributed by atoms with Gasteiger partial charge in [0, 0.05) is 37.3 Å². The van der Waals surface area contributed by atoms with Crippen molar-refractivity contribution in [3.05, 3.63) is 42.5 Å². The van der Waals surface area contributed by atoms with Crippen LogP contribution in [0.5, 0.6) is 0 Å². The molecule has 0 spiro atoms. The van der Waals surface area contributed by atoms with Gasteiger partial charge in [0.15, 0.2) is 5.11 Å². The van der Waals surface area contributed by atoms with E-state index in [1.807, 2.05) is 31.3 Å². The van der Waals surface area contributed by atoms with Gasteiger partial charge in [-0.3, -0.25) is 4.98 Å². The largest absolute Gasteiger partial charge is 0.396 e. The Hall–Kier alpha value is -2.16. The average Bonchev–Trinajstić information content (AvgIpc) is 3.22. The highest BCUT2D eigenvalue weighted by Gasteiger charge is 2.14. The lowest BCUT2D eigenvalue weighted by Gasteiger charge is -2.06. The quantitative estimate of drug-likeness (QED) is 0.538. The number of thiocarbonyl (C=S) groups is 1. The van der Waals surface area contributed by atoms with Crippen molar-refractivity contribution in [2.45, 2.75) is 13.3 Å². The van der Waals surface area contributed by atoms with Crippen molar-refractivity contribution in [3.8, 4) is 21.1 Å². The lowest BCUT2D eigenvalue weighted by Crippen LogP contribution is -2.29. The minimum atomic E-state index is 0.136. The zero-order valence-corrected chi connectivity index (χ0v) is 14.8. The Morgan fingerprint density at radius 3 is 3.04 bits per heavy atom. The summed E-state index contributed by atoms with van der Waals surface area (Å²) in [7, 11) is 0. The molecular weight excluding hydrogens is 342 g/mol.